The maximum atomic E-state index is 12.6. The van der Waals surface area contributed by atoms with Gasteiger partial charge in [-0.3, -0.25) is 0 Å². The molecule has 0 aromatic heterocycles. The summed E-state index contributed by atoms with van der Waals surface area (Å²) >= 11 is 0. The number of hydrogen-bond acceptors (Lipinski definition) is 2. The molecule has 1 rings (SSSR count). The molecule has 1 aromatic carbocycles. The Labute approximate surface area is 106 Å². The van der Waals surface area contributed by atoms with Gasteiger partial charge in [-0.25, -0.2) is 0 Å². The molecule has 0 N–H and O–H groups in total. The molecule has 0 spiro atoms. The summed E-state index contributed by atoms with van der Waals surface area (Å²) in [5.41, 5.74) is 0. The predicted molar refractivity (Wildman–Crippen MR) is 49.6 cm³/mol. The first-order valence-electron chi connectivity index (χ1n) is 4.85. The molecule has 1 aromatic rings. The van der Waals surface area contributed by atoms with Crippen molar-refractivity contribution in [2.75, 3.05) is 0 Å². The molecule has 0 aliphatic heterocycles. The van der Waals surface area contributed by atoms with Crippen molar-refractivity contribution in [3.63, 3.8) is 0 Å². The summed E-state index contributed by atoms with van der Waals surface area (Å²) in [5.74, 6) is -2.02. The summed E-state index contributed by atoms with van der Waals surface area (Å²) in [6, 6.07) is 3.51. The van der Waals surface area contributed by atoms with Gasteiger partial charge in [0, 0.05) is 0 Å². The zero-order valence-electron chi connectivity index (χ0n) is 9.30. The van der Waals surface area contributed by atoms with E-state index in [0.29, 0.717) is 12.1 Å². The van der Waals surface area contributed by atoms with Crippen molar-refractivity contribution in [2.45, 2.75) is 25.1 Å². The summed E-state index contributed by atoms with van der Waals surface area (Å²) < 4.78 is 104. The molecule has 2 nitrogen and oxygen atoms in total. The van der Waals surface area contributed by atoms with Crippen molar-refractivity contribution in [1.82, 2.24) is 0 Å². The van der Waals surface area contributed by atoms with E-state index in [2.05, 4.69) is 9.47 Å². The van der Waals surface area contributed by atoms with Crippen LogP contribution in [0.25, 0.3) is 0 Å². The number of hydrogen-bond donors (Lipinski definition) is 0. The lowest BCUT2D eigenvalue weighted by Gasteiger charge is -2.19. The minimum absolute atomic E-state index is 0.705. The monoisotopic (exact) mass is 310 g/mol. The second-order valence-electron chi connectivity index (χ2n) is 3.40. The summed E-state index contributed by atoms with van der Waals surface area (Å²) in [6.45, 7) is 0. The average molecular weight is 310 g/mol. The third-order valence-corrected chi connectivity index (χ3v) is 1.82. The molecule has 2 unspecified atom stereocenters. The van der Waals surface area contributed by atoms with Gasteiger partial charge < -0.3 is 9.47 Å². The lowest BCUT2D eigenvalue weighted by molar-refractivity contribution is -0.242. The van der Waals surface area contributed by atoms with E-state index in [0.717, 1.165) is 12.1 Å². The van der Waals surface area contributed by atoms with Gasteiger partial charge in [0.05, 0.1) is 0 Å². The zero-order chi connectivity index (χ0) is 15.6. The molecular formula is C10H6F8O2. The van der Waals surface area contributed by atoms with Gasteiger partial charge in [0.1, 0.15) is 0 Å². The molecule has 2 atom stereocenters. The van der Waals surface area contributed by atoms with E-state index in [9.17, 15) is 35.1 Å². The van der Waals surface area contributed by atoms with Crippen molar-refractivity contribution in [3.05, 3.63) is 24.3 Å². The zero-order valence-corrected chi connectivity index (χ0v) is 9.30. The molecule has 0 aliphatic rings. The first kappa shape index (κ1) is 16.3. The van der Waals surface area contributed by atoms with Gasteiger partial charge in [-0.05, 0) is 12.1 Å². The van der Waals surface area contributed by atoms with Crippen molar-refractivity contribution < 1.29 is 44.6 Å². The van der Waals surface area contributed by atoms with E-state index in [1.54, 1.807) is 0 Å². The quantitative estimate of drug-likeness (QED) is 0.778. The fourth-order valence-electron chi connectivity index (χ4n) is 1.00. The second-order valence-corrected chi connectivity index (χ2v) is 3.40. The molecule has 0 heterocycles. The highest BCUT2D eigenvalue weighted by Crippen LogP contribution is 2.35. The minimum Gasteiger partial charge on any atom is -0.448 e. The van der Waals surface area contributed by atoms with Crippen molar-refractivity contribution in [2.24, 2.45) is 0 Å². The lowest BCUT2D eigenvalue weighted by atomic mass is 10.3. The van der Waals surface area contributed by atoms with Gasteiger partial charge in [-0.2, -0.15) is 35.1 Å². The van der Waals surface area contributed by atoms with Crippen LogP contribution >= 0.6 is 0 Å². The topological polar surface area (TPSA) is 18.5 Å². The summed E-state index contributed by atoms with van der Waals surface area (Å²) in [6.07, 6.45) is -18.3. The molecule has 20 heavy (non-hydrogen) atoms. The molecule has 0 aliphatic carbocycles. The number of rotatable bonds is 4. The van der Waals surface area contributed by atoms with Crippen LogP contribution in [0.15, 0.2) is 24.3 Å². The van der Waals surface area contributed by atoms with Crippen LogP contribution in [-0.2, 0) is 0 Å². The molecule has 114 valence electrons. The third kappa shape index (κ3) is 4.42. The molecular weight excluding hydrogens is 304 g/mol. The predicted octanol–water partition coefficient (Wildman–Crippen LogP) is 4.16. The SMILES string of the molecule is FC(Oc1ccccc1OC(F)C(F)(F)F)C(F)(F)F. The fourth-order valence-corrected chi connectivity index (χ4v) is 1.00. The highest BCUT2D eigenvalue weighted by molar-refractivity contribution is 5.39. The Bertz CT molecular complexity index is 401. The van der Waals surface area contributed by atoms with Crippen LogP contribution in [0.5, 0.6) is 11.5 Å². The van der Waals surface area contributed by atoms with Crippen LogP contribution < -0.4 is 9.47 Å². The maximum Gasteiger partial charge on any atom is 0.457 e. The minimum atomic E-state index is -5.38. The van der Waals surface area contributed by atoms with Crippen LogP contribution in [0.1, 0.15) is 0 Å². The first-order valence-corrected chi connectivity index (χ1v) is 4.85. The number of alkyl halides is 8. The second kappa shape index (κ2) is 5.71. The van der Waals surface area contributed by atoms with E-state index < -0.39 is 36.6 Å². The Hall–Kier alpha value is -1.74. The highest BCUT2D eigenvalue weighted by Gasteiger charge is 2.44. The van der Waals surface area contributed by atoms with E-state index in [1.807, 2.05) is 0 Å². The molecule has 0 saturated heterocycles. The van der Waals surface area contributed by atoms with Gasteiger partial charge in [0.2, 0.25) is 0 Å². The number of para-hydroxylation sites is 2. The summed E-state index contributed by atoms with van der Waals surface area (Å²) in [4.78, 5) is 0. The van der Waals surface area contributed by atoms with Crippen molar-refractivity contribution in [3.8, 4) is 11.5 Å². The largest absolute Gasteiger partial charge is 0.457 e. The molecule has 0 bridgehead atoms. The highest BCUT2D eigenvalue weighted by atomic mass is 19.4. The molecule has 0 saturated carbocycles. The van der Waals surface area contributed by atoms with Crippen LogP contribution in [0.4, 0.5) is 35.1 Å². The van der Waals surface area contributed by atoms with Gasteiger partial charge in [0.15, 0.2) is 11.5 Å². The van der Waals surface area contributed by atoms with Crippen LogP contribution in [0, 0.1) is 0 Å². The Morgan fingerprint density at radius 3 is 1.25 bits per heavy atom. The molecule has 0 fully saturated rings. The normalized spacial score (nSPS) is 15.6. The smallest absolute Gasteiger partial charge is 0.448 e. The molecule has 0 amide bonds. The van der Waals surface area contributed by atoms with Gasteiger partial charge in [0.25, 0.3) is 0 Å². The number of halogens is 8. The van der Waals surface area contributed by atoms with E-state index in [1.165, 1.54) is 0 Å². The standard InChI is InChI=1S/C10H6F8O2/c11-7(9(13,14)15)19-5-3-1-2-4-6(5)20-8(12)10(16,17)18/h1-4,7-8H. The Balaban J connectivity index is 2.89. The van der Waals surface area contributed by atoms with E-state index >= 15 is 0 Å². The lowest BCUT2D eigenvalue weighted by Crippen LogP contribution is -2.31. The summed E-state index contributed by atoms with van der Waals surface area (Å²) in [7, 11) is 0. The van der Waals surface area contributed by atoms with Crippen molar-refractivity contribution >= 4 is 0 Å². The maximum absolute atomic E-state index is 12.6. The van der Waals surface area contributed by atoms with Crippen LogP contribution in [0.3, 0.4) is 0 Å². The Morgan fingerprint density at radius 2 is 1.00 bits per heavy atom. The van der Waals surface area contributed by atoms with Crippen LogP contribution in [0.2, 0.25) is 0 Å². The third-order valence-electron chi connectivity index (χ3n) is 1.82. The van der Waals surface area contributed by atoms with E-state index in [-0.39, 0.29) is 0 Å². The molecule has 0 radical (unpaired) electrons. The van der Waals surface area contributed by atoms with Gasteiger partial charge in [-0.15, -0.1) is 0 Å². The fraction of sp³-hybridized carbons (Fsp3) is 0.400. The van der Waals surface area contributed by atoms with E-state index in [4.69, 9.17) is 0 Å². The Morgan fingerprint density at radius 1 is 0.700 bits per heavy atom. The number of benzene rings is 1. The molecule has 10 heteroatoms. The summed E-state index contributed by atoms with van der Waals surface area (Å²) in [5, 5.41) is 0. The Kier molecular flexibility index (Phi) is 4.66. The van der Waals surface area contributed by atoms with Gasteiger partial charge >= 0.3 is 25.1 Å². The number of ether oxygens (including phenoxy) is 2. The van der Waals surface area contributed by atoms with Gasteiger partial charge in [-0.1, -0.05) is 12.1 Å². The average Bonchev–Trinajstić information content (AvgIpc) is 2.29. The first-order chi connectivity index (χ1) is 9.01. The van der Waals surface area contributed by atoms with Crippen molar-refractivity contribution in [1.29, 1.82) is 0 Å². The van der Waals surface area contributed by atoms with Crippen LogP contribution in [-0.4, -0.2) is 25.1 Å².